The highest BCUT2D eigenvalue weighted by molar-refractivity contribution is 6.01. The Bertz CT molecular complexity index is 418. The number of rotatable bonds is 5. The Morgan fingerprint density at radius 1 is 1.17 bits per heavy atom. The van der Waals surface area contributed by atoms with Crippen LogP contribution in [-0.4, -0.2) is 34.7 Å². The van der Waals surface area contributed by atoms with Crippen molar-refractivity contribution in [1.82, 2.24) is 0 Å². The quantitative estimate of drug-likeness (QED) is 0.561. The molecule has 0 aliphatic rings. The molecule has 0 spiro atoms. The van der Waals surface area contributed by atoms with Gasteiger partial charge in [-0.1, -0.05) is 6.07 Å². The van der Waals surface area contributed by atoms with Crippen LogP contribution in [0.15, 0.2) is 18.2 Å². The van der Waals surface area contributed by atoms with Crippen LogP contribution in [0.5, 0.6) is 0 Å². The molecule has 2 amide bonds. The van der Waals surface area contributed by atoms with Crippen molar-refractivity contribution in [3.8, 4) is 0 Å². The summed E-state index contributed by atoms with van der Waals surface area (Å²) in [5.74, 6) is -1.43. The van der Waals surface area contributed by atoms with Crippen LogP contribution in [0.3, 0.4) is 0 Å². The molecular formula is C11H15ClN2O4. The first kappa shape index (κ1) is 16.4. The molecule has 0 saturated heterocycles. The second-order valence-electron chi connectivity index (χ2n) is 3.60. The van der Waals surface area contributed by atoms with Gasteiger partial charge in [-0.05, 0) is 17.7 Å². The first-order valence-electron chi connectivity index (χ1n) is 4.97. The van der Waals surface area contributed by atoms with E-state index in [9.17, 15) is 14.7 Å². The van der Waals surface area contributed by atoms with Gasteiger partial charge in [0, 0.05) is 17.5 Å². The summed E-state index contributed by atoms with van der Waals surface area (Å²) in [7, 11) is 0. The molecule has 1 atom stereocenters. The average molecular weight is 275 g/mol. The molecule has 7 heteroatoms. The highest BCUT2D eigenvalue weighted by Gasteiger charge is 2.18. The van der Waals surface area contributed by atoms with E-state index >= 15 is 0 Å². The maximum atomic E-state index is 11.2. The molecule has 1 unspecified atom stereocenters. The fraction of sp³-hybridized carbons (Fsp3) is 0.273. The van der Waals surface area contributed by atoms with Crippen LogP contribution in [0.2, 0.25) is 0 Å². The molecule has 0 heterocycles. The summed E-state index contributed by atoms with van der Waals surface area (Å²) in [5, 5.41) is 18.1. The maximum absolute atomic E-state index is 11.2. The molecule has 0 aliphatic carbocycles. The van der Waals surface area contributed by atoms with Gasteiger partial charge in [-0.2, -0.15) is 0 Å². The third-order valence-electron chi connectivity index (χ3n) is 2.36. The molecule has 100 valence electrons. The molecule has 1 aromatic rings. The van der Waals surface area contributed by atoms with Gasteiger partial charge in [0.1, 0.15) is 0 Å². The van der Waals surface area contributed by atoms with Gasteiger partial charge in [-0.3, -0.25) is 9.59 Å². The Kier molecular flexibility index (Phi) is 6.32. The van der Waals surface area contributed by atoms with Crippen LogP contribution in [0.4, 0.5) is 0 Å². The topological polar surface area (TPSA) is 127 Å². The number of hydrogen-bond acceptors (Lipinski definition) is 4. The number of aliphatic hydroxyl groups excluding tert-OH is 2. The number of nitrogens with two attached hydrogens (primary N) is 2. The minimum Gasteiger partial charge on any atom is -0.394 e. The lowest BCUT2D eigenvalue weighted by molar-refractivity contribution is 0.0929. The Hall–Kier alpha value is -1.63. The monoisotopic (exact) mass is 274 g/mol. The average Bonchev–Trinajstić information content (AvgIpc) is 2.28. The molecule has 1 aromatic carbocycles. The minimum absolute atomic E-state index is 0. The summed E-state index contributed by atoms with van der Waals surface area (Å²) >= 11 is 0. The molecular weight excluding hydrogens is 260 g/mol. The predicted molar refractivity (Wildman–Crippen MR) is 67.5 cm³/mol. The van der Waals surface area contributed by atoms with E-state index < -0.39 is 24.5 Å². The largest absolute Gasteiger partial charge is 0.394 e. The van der Waals surface area contributed by atoms with E-state index in [4.69, 9.17) is 16.6 Å². The minimum atomic E-state index is -1.08. The van der Waals surface area contributed by atoms with Crippen LogP contribution in [0.1, 0.15) is 26.3 Å². The molecule has 0 saturated carbocycles. The molecule has 0 bridgehead atoms. The zero-order valence-electron chi connectivity index (χ0n) is 9.50. The lowest BCUT2D eigenvalue weighted by Crippen LogP contribution is -2.24. The van der Waals surface area contributed by atoms with Gasteiger partial charge in [0.25, 0.3) is 0 Å². The van der Waals surface area contributed by atoms with Crippen LogP contribution in [0.25, 0.3) is 0 Å². The van der Waals surface area contributed by atoms with Gasteiger partial charge in [-0.15, -0.1) is 12.4 Å². The fourth-order valence-corrected chi connectivity index (χ4v) is 1.57. The SMILES string of the molecule is Cl.NC(=O)c1cccc(C(N)=O)c1CC(O)CO. The molecule has 0 fully saturated rings. The summed E-state index contributed by atoms with van der Waals surface area (Å²) in [6, 6.07) is 4.36. The number of benzene rings is 1. The van der Waals surface area contributed by atoms with Gasteiger partial charge in [0.15, 0.2) is 0 Å². The van der Waals surface area contributed by atoms with E-state index in [1.54, 1.807) is 0 Å². The summed E-state index contributed by atoms with van der Waals surface area (Å²) in [4.78, 5) is 22.4. The van der Waals surface area contributed by atoms with Crippen molar-refractivity contribution < 1.29 is 19.8 Å². The van der Waals surface area contributed by atoms with Crippen molar-refractivity contribution in [2.45, 2.75) is 12.5 Å². The normalized spacial score (nSPS) is 11.4. The van der Waals surface area contributed by atoms with Gasteiger partial charge < -0.3 is 21.7 Å². The van der Waals surface area contributed by atoms with E-state index in [0.717, 1.165) is 0 Å². The first-order chi connectivity index (χ1) is 7.97. The smallest absolute Gasteiger partial charge is 0.249 e. The number of carbonyl (C=O) groups is 2. The molecule has 0 radical (unpaired) electrons. The number of primary amides is 2. The van der Waals surface area contributed by atoms with E-state index in [0.29, 0.717) is 0 Å². The Balaban J connectivity index is 0.00000289. The summed E-state index contributed by atoms with van der Waals surface area (Å²) in [5.41, 5.74) is 10.8. The van der Waals surface area contributed by atoms with Crippen molar-refractivity contribution in [2.24, 2.45) is 11.5 Å². The standard InChI is InChI=1S/C11H14N2O4.ClH/c12-10(16)7-2-1-3-8(11(13)17)9(7)4-6(15)5-14;/h1-3,6,14-15H,4-5H2,(H2,12,16)(H2,13,17);1H. The van der Waals surface area contributed by atoms with Gasteiger partial charge in [0.05, 0.1) is 12.7 Å². The Morgan fingerprint density at radius 3 is 1.94 bits per heavy atom. The summed E-state index contributed by atoms with van der Waals surface area (Å²) < 4.78 is 0. The van der Waals surface area contributed by atoms with E-state index in [1.165, 1.54) is 18.2 Å². The predicted octanol–water partition coefficient (Wildman–Crippen LogP) is -0.798. The molecule has 18 heavy (non-hydrogen) atoms. The third-order valence-corrected chi connectivity index (χ3v) is 2.36. The van der Waals surface area contributed by atoms with Crippen LogP contribution in [-0.2, 0) is 6.42 Å². The van der Waals surface area contributed by atoms with E-state index in [1.807, 2.05) is 0 Å². The summed E-state index contributed by atoms with van der Waals surface area (Å²) in [6.45, 7) is -0.481. The van der Waals surface area contributed by atoms with E-state index in [2.05, 4.69) is 0 Å². The van der Waals surface area contributed by atoms with Crippen molar-refractivity contribution in [3.63, 3.8) is 0 Å². The second-order valence-corrected chi connectivity index (χ2v) is 3.60. The third kappa shape index (κ3) is 3.69. The van der Waals surface area contributed by atoms with Crippen LogP contribution in [0, 0.1) is 0 Å². The molecule has 0 aliphatic heterocycles. The van der Waals surface area contributed by atoms with E-state index in [-0.39, 0.29) is 35.5 Å². The highest BCUT2D eigenvalue weighted by Crippen LogP contribution is 2.16. The Morgan fingerprint density at radius 2 is 1.61 bits per heavy atom. The van der Waals surface area contributed by atoms with Crippen molar-refractivity contribution in [2.75, 3.05) is 6.61 Å². The molecule has 1 rings (SSSR count). The zero-order chi connectivity index (χ0) is 13.0. The number of hydrogen-bond donors (Lipinski definition) is 4. The number of amides is 2. The molecule has 6 nitrogen and oxygen atoms in total. The molecule has 6 N–H and O–H groups in total. The lowest BCUT2D eigenvalue weighted by atomic mass is 9.95. The second kappa shape index (κ2) is 6.95. The van der Waals surface area contributed by atoms with Gasteiger partial charge >= 0.3 is 0 Å². The van der Waals surface area contributed by atoms with Crippen molar-refractivity contribution in [3.05, 3.63) is 34.9 Å². The number of aliphatic hydroxyl groups is 2. The summed E-state index contributed by atoms with van der Waals surface area (Å²) in [6.07, 6.45) is -1.14. The van der Waals surface area contributed by atoms with Crippen LogP contribution >= 0.6 is 12.4 Å². The fourth-order valence-electron chi connectivity index (χ4n) is 1.57. The van der Waals surface area contributed by atoms with Crippen LogP contribution < -0.4 is 11.5 Å². The first-order valence-corrected chi connectivity index (χ1v) is 4.97. The van der Waals surface area contributed by atoms with Crippen molar-refractivity contribution in [1.29, 1.82) is 0 Å². The number of carbonyl (C=O) groups excluding carboxylic acids is 2. The lowest BCUT2D eigenvalue weighted by Gasteiger charge is -2.13. The number of halogens is 1. The maximum Gasteiger partial charge on any atom is 0.249 e. The van der Waals surface area contributed by atoms with Gasteiger partial charge in [0.2, 0.25) is 11.8 Å². The highest BCUT2D eigenvalue weighted by atomic mass is 35.5. The molecule has 0 aromatic heterocycles. The zero-order valence-corrected chi connectivity index (χ0v) is 10.3. The Labute approximate surface area is 110 Å². The van der Waals surface area contributed by atoms with Gasteiger partial charge in [-0.25, -0.2) is 0 Å². The van der Waals surface area contributed by atoms with Crippen molar-refractivity contribution >= 4 is 24.2 Å².